The van der Waals surface area contributed by atoms with E-state index in [-0.39, 0.29) is 10.9 Å². The molecule has 1 aromatic rings. The molecule has 1 aliphatic heterocycles. The van der Waals surface area contributed by atoms with Crippen molar-refractivity contribution in [3.05, 3.63) is 18.1 Å². The maximum Gasteiger partial charge on any atom is 0.241 e. The Morgan fingerprint density at radius 3 is 2.71 bits per heavy atom. The Hall–Kier alpha value is -1.76. The molecule has 0 bridgehead atoms. The molecule has 0 spiro atoms. The first kappa shape index (κ1) is 11.7. The molecule has 2 heterocycles. The van der Waals surface area contributed by atoms with Crippen LogP contribution in [0.15, 0.2) is 12.4 Å². The Morgan fingerprint density at radius 1 is 1.41 bits per heavy atom. The summed E-state index contributed by atoms with van der Waals surface area (Å²) in [7, 11) is 1.79. The smallest absolute Gasteiger partial charge is 0.241 e. The van der Waals surface area contributed by atoms with E-state index in [1.165, 1.54) is 6.20 Å². The lowest BCUT2D eigenvalue weighted by Gasteiger charge is -2.32. The molecule has 1 aliphatic rings. The van der Waals surface area contributed by atoms with Crippen LogP contribution < -0.4 is 10.6 Å². The highest BCUT2D eigenvalue weighted by Gasteiger charge is 2.22. The number of carbonyl (C=O) groups is 1. The van der Waals surface area contributed by atoms with Crippen LogP contribution in [-0.4, -0.2) is 52.4 Å². The van der Waals surface area contributed by atoms with Crippen molar-refractivity contribution < 1.29 is 4.79 Å². The van der Waals surface area contributed by atoms with Gasteiger partial charge < -0.3 is 15.5 Å². The molecule has 90 valence electrons. The van der Waals surface area contributed by atoms with Crippen molar-refractivity contribution >= 4 is 28.9 Å². The van der Waals surface area contributed by atoms with E-state index in [0.717, 1.165) is 6.54 Å². The van der Waals surface area contributed by atoms with Crippen LogP contribution in [0.4, 0.5) is 5.82 Å². The second-order valence-corrected chi connectivity index (χ2v) is 4.30. The van der Waals surface area contributed by atoms with Crippen LogP contribution in [0.25, 0.3) is 0 Å². The van der Waals surface area contributed by atoms with Gasteiger partial charge in [0.2, 0.25) is 5.91 Å². The molecular formula is C10H13N5OS. The number of piperazine rings is 1. The molecule has 2 rings (SSSR count). The molecule has 0 saturated carbocycles. The SMILES string of the molecule is CN1CCN(c2cnc(C(N)=S)cn2)CC1=O. The predicted molar refractivity (Wildman–Crippen MR) is 67.8 cm³/mol. The lowest BCUT2D eigenvalue weighted by molar-refractivity contribution is -0.129. The molecule has 1 saturated heterocycles. The molecule has 2 N–H and O–H groups in total. The Morgan fingerprint density at radius 2 is 2.18 bits per heavy atom. The van der Waals surface area contributed by atoms with Crippen LogP contribution in [0.3, 0.4) is 0 Å². The number of rotatable bonds is 2. The highest BCUT2D eigenvalue weighted by Crippen LogP contribution is 2.12. The summed E-state index contributed by atoms with van der Waals surface area (Å²) in [6.45, 7) is 1.78. The molecule has 0 radical (unpaired) electrons. The molecule has 0 aromatic carbocycles. The zero-order chi connectivity index (χ0) is 12.4. The van der Waals surface area contributed by atoms with Crippen molar-refractivity contribution in [2.75, 3.05) is 31.6 Å². The minimum absolute atomic E-state index is 0.0801. The minimum Gasteiger partial charge on any atom is -0.388 e. The third-order valence-corrected chi connectivity index (χ3v) is 2.88. The second kappa shape index (κ2) is 4.62. The van der Waals surface area contributed by atoms with Crippen molar-refractivity contribution in [3.8, 4) is 0 Å². The number of nitrogens with two attached hydrogens (primary N) is 1. The third kappa shape index (κ3) is 2.50. The van der Waals surface area contributed by atoms with E-state index in [4.69, 9.17) is 18.0 Å². The molecule has 0 aliphatic carbocycles. The molecule has 17 heavy (non-hydrogen) atoms. The quantitative estimate of drug-likeness (QED) is 0.707. The maximum atomic E-state index is 11.5. The van der Waals surface area contributed by atoms with Gasteiger partial charge in [0.05, 0.1) is 18.9 Å². The second-order valence-electron chi connectivity index (χ2n) is 3.86. The molecule has 1 aromatic heterocycles. The number of nitrogens with zero attached hydrogens (tertiary/aromatic N) is 4. The van der Waals surface area contributed by atoms with E-state index in [0.29, 0.717) is 24.6 Å². The highest BCUT2D eigenvalue weighted by atomic mass is 32.1. The molecule has 1 fully saturated rings. The van der Waals surface area contributed by atoms with Gasteiger partial charge in [-0.05, 0) is 0 Å². The summed E-state index contributed by atoms with van der Waals surface area (Å²) in [5.74, 6) is 0.753. The van der Waals surface area contributed by atoms with Gasteiger partial charge in [-0.1, -0.05) is 12.2 Å². The van der Waals surface area contributed by atoms with E-state index < -0.39 is 0 Å². The normalized spacial score (nSPS) is 16.2. The number of aromatic nitrogens is 2. The molecule has 1 amide bonds. The monoisotopic (exact) mass is 251 g/mol. The van der Waals surface area contributed by atoms with Gasteiger partial charge in [0.25, 0.3) is 0 Å². The van der Waals surface area contributed by atoms with Gasteiger partial charge in [-0.15, -0.1) is 0 Å². The Bertz CT molecular complexity index is 447. The topological polar surface area (TPSA) is 75.3 Å². The Balaban J connectivity index is 2.13. The zero-order valence-corrected chi connectivity index (χ0v) is 10.3. The summed E-state index contributed by atoms with van der Waals surface area (Å²) < 4.78 is 0. The molecule has 7 heteroatoms. The van der Waals surface area contributed by atoms with E-state index in [1.54, 1.807) is 18.1 Å². The molecule has 0 atom stereocenters. The molecule has 0 unspecified atom stereocenters. The number of hydrogen-bond donors (Lipinski definition) is 1. The first-order valence-corrected chi connectivity index (χ1v) is 5.59. The van der Waals surface area contributed by atoms with Gasteiger partial charge in [-0.3, -0.25) is 4.79 Å². The fourth-order valence-electron chi connectivity index (χ4n) is 1.57. The predicted octanol–water partition coefficient (Wildman–Crippen LogP) is -0.611. The van der Waals surface area contributed by atoms with Crippen LogP contribution in [0.5, 0.6) is 0 Å². The summed E-state index contributed by atoms with van der Waals surface area (Å²) in [4.78, 5) is 23.7. The van der Waals surface area contributed by atoms with Gasteiger partial charge in [0, 0.05) is 20.1 Å². The van der Waals surface area contributed by atoms with Gasteiger partial charge in [0.15, 0.2) is 0 Å². The average molecular weight is 251 g/mol. The van der Waals surface area contributed by atoms with Crippen LogP contribution in [0.2, 0.25) is 0 Å². The lowest BCUT2D eigenvalue weighted by Crippen LogP contribution is -2.48. The van der Waals surface area contributed by atoms with Crippen LogP contribution in [0, 0.1) is 0 Å². The van der Waals surface area contributed by atoms with Crippen molar-refractivity contribution in [1.29, 1.82) is 0 Å². The largest absolute Gasteiger partial charge is 0.388 e. The number of amides is 1. The zero-order valence-electron chi connectivity index (χ0n) is 9.46. The number of carbonyl (C=O) groups excluding carboxylic acids is 1. The van der Waals surface area contributed by atoms with E-state index in [1.807, 2.05) is 4.90 Å². The summed E-state index contributed by atoms with van der Waals surface area (Å²) in [6.07, 6.45) is 3.12. The summed E-state index contributed by atoms with van der Waals surface area (Å²) in [5, 5.41) is 0. The average Bonchev–Trinajstić information content (AvgIpc) is 2.33. The maximum absolute atomic E-state index is 11.5. The Labute approximate surface area is 104 Å². The number of thiocarbonyl (C=S) groups is 1. The van der Waals surface area contributed by atoms with Gasteiger partial charge >= 0.3 is 0 Å². The third-order valence-electron chi connectivity index (χ3n) is 2.67. The summed E-state index contributed by atoms with van der Waals surface area (Å²) in [6, 6.07) is 0. The summed E-state index contributed by atoms with van der Waals surface area (Å²) >= 11 is 4.80. The lowest BCUT2D eigenvalue weighted by atomic mass is 10.3. The van der Waals surface area contributed by atoms with Gasteiger partial charge in [-0.2, -0.15) is 0 Å². The van der Waals surface area contributed by atoms with E-state index in [9.17, 15) is 4.79 Å². The van der Waals surface area contributed by atoms with Crippen LogP contribution >= 0.6 is 12.2 Å². The minimum atomic E-state index is 0.0801. The fraction of sp³-hybridized carbons (Fsp3) is 0.400. The van der Waals surface area contributed by atoms with Crippen molar-refractivity contribution in [3.63, 3.8) is 0 Å². The van der Waals surface area contributed by atoms with E-state index in [2.05, 4.69) is 9.97 Å². The number of likely N-dealkylation sites (N-methyl/N-ethyl adjacent to an activating group) is 1. The van der Waals surface area contributed by atoms with Gasteiger partial charge in [-0.25, -0.2) is 9.97 Å². The number of anilines is 1. The first-order valence-electron chi connectivity index (χ1n) is 5.18. The Kier molecular flexibility index (Phi) is 3.19. The molecular weight excluding hydrogens is 238 g/mol. The van der Waals surface area contributed by atoms with Crippen LogP contribution in [0.1, 0.15) is 5.69 Å². The number of hydrogen-bond acceptors (Lipinski definition) is 5. The van der Waals surface area contributed by atoms with Crippen LogP contribution in [-0.2, 0) is 4.79 Å². The standard InChI is InChI=1S/C10H13N5OS/c1-14-2-3-15(6-9(14)16)8-5-12-7(4-13-8)10(11)17/h4-5H,2-3,6H2,1H3,(H2,11,17). The fourth-order valence-corrected chi connectivity index (χ4v) is 1.67. The highest BCUT2D eigenvalue weighted by molar-refractivity contribution is 7.80. The summed E-state index contributed by atoms with van der Waals surface area (Å²) in [5.41, 5.74) is 5.93. The first-order chi connectivity index (χ1) is 8.08. The molecule has 6 nitrogen and oxygen atoms in total. The van der Waals surface area contributed by atoms with Crippen molar-refractivity contribution in [2.45, 2.75) is 0 Å². The van der Waals surface area contributed by atoms with Gasteiger partial charge in [0.1, 0.15) is 16.5 Å². The van der Waals surface area contributed by atoms with Crippen molar-refractivity contribution in [1.82, 2.24) is 14.9 Å². The van der Waals surface area contributed by atoms with E-state index >= 15 is 0 Å². The van der Waals surface area contributed by atoms with Crippen molar-refractivity contribution in [2.24, 2.45) is 5.73 Å².